The predicted molar refractivity (Wildman–Crippen MR) is 75.9 cm³/mol. The molecule has 0 amide bonds. The molecular weight excluding hydrogens is 276 g/mol. The van der Waals surface area contributed by atoms with E-state index in [9.17, 15) is 4.79 Å². The number of hydrogen-bond donors (Lipinski definition) is 0. The lowest BCUT2D eigenvalue weighted by atomic mass is 10.2. The van der Waals surface area contributed by atoms with Crippen molar-refractivity contribution in [1.29, 1.82) is 0 Å². The largest absolute Gasteiger partial charge is 0.455 e. The van der Waals surface area contributed by atoms with Crippen molar-refractivity contribution in [3.8, 4) is 0 Å². The summed E-state index contributed by atoms with van der Waals surface area (Å²) in [5, 5.41) is 8.95. The molecule has 0 spiro atoms. The van der Waals surface area contributed by atoms with Crippen LogP contribution in [0.25, 0.3) is 0 Å². The van der Waals surface area contributed by atoms with E-state index in [1.807, 2.05) is 40.8 Å². The summed E-state index contributed by atoms with van der Waals surface area (Å²) in [4.78, 5) is 17.3. The summed E-state index contributed by atoms with van der Waals surface area (Å²) in [7, 11) is 0. The van der Waals surface area contributed by atoms with Gasteiger partial charge in [-0.05, 0) is 34.6 Å². The van der Waals surface area contributed by atoms with Gasteiger partial charge in [-0.25, -0.2) is 14.5 Å². The van der Waals surface area contributed by atoms with Gasteiger partial charge < -0.3 is 4.74 Å². The zero-order chi connectivity index (χ0) is 14.9. The molecule has 0 fully saturated rings. The first-order valence-electron chi connectivity index (χ1n) is 6.31. The van der Waals surface area contributed by atoms with E-state index < -0.39 is 11.6 Å². The second-order valence-electron chi connectivity index (χ2n) is 5.53. The zero-order valence-corrected chi connectivity index (χ0v) is 13.1. The first kappa shape index (κ1) is 14.6. The van der Waals surface area contributed by atoms with Crippen LogP contribution >= 0.6 is 11.3 Å². The lowest BCUT2D eigenvalue weighted by Gasteiger charge is -2.18. The summed E-state index contributed by atoms with van der Waals surface area (Å²) in [6.07, 6.45) is 1.81. The minimum absolute atomic E-state index is 0.265. The summed E-state index contributed by atoms with van der Waals surface area (Å²) in [6.45, 7) is 9.80. The highest BCUT2D eigenvalue weighted by atomic mass is 32.1. The Bertz CT molecular complexity index is 625. The molecule has 108 valence electrons. The smallest absolute Gasteiger partial charge is 0.361 e. The number of carbonyl (C=O) groups is 1. The van der Waals surface area contributed by atoms with Crippen molar-refractivity contribution >= 4 is 17.3 Å². The van der Waals surface area contributed by atoms with Crippen LogP contribution in [0.4, 0.5) is 0 Å². The van der Waals surface area contributed by atoms with E-state index in [0.717, 1.165) is 9.88 Å². The Morgan fingerprint density at radius 2 is 2.10 bits per heavy atom. The normalized spacial score (nSPS) is 11.7. The van der Waals surface area contributed by atoms with Crippen LogP contribution in [0.3, 0.4) is 0 Å². The van der Waals surface area contributed by atoms with Crippen molar-refractivity contribution < 1.29 is 9.53 Å². The van der Waals surface area contributed by atoms with E-state index in [-0.39, 0.29) is 5.69 Å². The second-order valence-corrected chi connectivity index (χ2v) is 6.85. The molecule has 0 atom stereocenters. The fourth-order valence-corrected chi connectivity index (χ4v) is 2.43. The molecular formula is C13H18N4O2S. The van der Waals surface area contributed by atoms with Gasteiger partial charge in [-0.2, -0.15) is 0 Å². The zero-order valence-electron chi connectivity index (χ0n) is 12.3. The van der Waals surface area contributed by atoms with Gasteiger partial charge in [-0.15, -0.1) is 16.4 Å². The third-order valence-corrected chi connectivity index (χ3v) is 3.45. The minimum Gasteiger partial charge on any atom is -0.455 e. The van der Waals surface area contributed by atoms with Gasteiger partial charge in [-0.1, -0.05) is 5.21 Å². The summed E-state index contributed by atoms with van der Waals surface area (Å²) in [5.41, 5.74) is 0.425. The Balaban J connectivity index is 2.16. The number of carbonyl (C=O) groups excluding carboxylic acids is 1. The van der Waals surface area contributed by atoms with Crippen LogP contribution in [0.2, 0.25) is 0 Å². The van der Waals surface area contributed by atoms with Crippen LogP contribution in [-0.2, 0) is 11.3 Å². The van der Waals surface area contributed by atoms with E-state index in [2.05, 4.69) is 15.3 Å². The molecule has 2 heterocycles. The quantitative estimate of drug-likeness (QED) is 0.813. The molecule has 2 aromatic heterocycles. The third-order valence-electron chi connectivity index (χ3n) is 2.55. The molecule has 0 aliphatic carbocycles. The number of esters is 1. The Morgan fingerprint density at radius 1 is 1.40 bits per heavy atom. The van der Waals surface area contributed by atoms with Crippen molar-refractivity contribution in [1.82, 2.24) is 20.0 Å². The number of ether oxygens (including phenoxy) is 1. The molecule has 0 unspecified atom stereocenters. The van der Waals surface area contributed by atoms with E-state index in [0.29, 0.717) is 12.2 Å². The average Bonchev–Trinajstić information content (AvgIpc) is 2.85. The Morgan fingerprint density at radius 3 is 2.65 bits per heavy atom. The van der Waals surface area contributed by atoms with Gasteiger partial charge in [0.1, 0.15) is 5.60 Å². The molecule has 0 radical (unpaired) electrons. The van der Waals surface area contributed by atoms with Crippen molar-refractivity contribution in [2.24, 2.45) is 0 Å². The molecule has 0 aliphatic heterocycles. The molecule has 2 rings (SSSR count). The molecule has 0 N–H and O–H groups in total. The van der Waals surface area contributed by atoms with Crippen molar-refractivity contribution in [3.63, 3.8) is 0 Å². The van der Waals surface area contributed by atoms with E-state index in [1.54, 1.807) is 16.0 Å². The fraction of sp³-hybridized carbons (Fsp3) is 0.538. The van der Waals surface area contributed by atoms with Crippen molar-refractivity contribution in [3.05, 3.63) is 27.5 Å². The van der Waals surface area contributed by atoms with Crippen LogP contribution in [0, 0.1) is 13.8 Å². The molecule has 2 aromatic rings. The minimum atomic E-state index is -0.540. The maximum absolute atomic E-state index is 12.0. The second kappa shape index (κ2) is 5.32. The summed E-state index contributed by atoms with van der Waals surface area (Å²) in [5.74, 6) is -0.443. The standard InChI is InChI=1S/C13H18N4O2S/c1-8-11(12(18)19-13(3,4)5)15-16-17(8)7-10-6-14-9(2)20-10/h6H,7H2,1-5H3. The summed E-state index contributed by atoms with van der Waals surface area (Å²) in [6, 6.07) is 0. The van der Waals surface area contributed by atoms with E-state index in [4.69, 9.17) is 4.74 Å². The van der Waals surface area contributed by atoms with E-state index >= 15 is 0 Å². The number of rotatable bonds is 3. The number of thiazole rings is 1. The van der Waals surface area contributed by atoms with Crippen molar-refractivity contribution in [2.75, 3.05) is 0 Å². The highest BCUT2D eigenvalue weighted by Gasteiger charge is 2.23. The highest BCUT2D eigenvalue weighted by Crippen LogP contribution is 2.16. The van der Waals surface area contributed by atoms with Gasteiger partial charge in [0, 0.05) is 11.1 Å². The van der Waals surface area contributed by atoms with Crippen LogP contribution < -0.4 is 0 Å². The fourth-order valence-electron chi connectivity index (χ4n) is 1.65. The van der Waals surface area contributed by atoms with E-state index in [1.165, 1.54) is 0 Å². The first-order chi connectivity index (χ1) is 9.26. The monoisotopic (exact) mass is 294 g/mol. The van der Waals surface area contributed by atoms with Gasteiger partial charge in [-0.3, -0.25) is 0 Å². The first-order valence-corrected chi connectivity index (χ1v) is 7.12. The number of nitrogens with zero attached hydrogens (tertiary/aromatic N) is 4. The lowest BCUT2D eigenvalue weighted by Crippen LogP contribution is -2.24. The van der Waals surface area contributed by atoms with Crippen LogP contribution in [-0.4, -0.2) is 31.5 Å². The van der Waals surface area contributed by atoms with Crippen LogP contribution in [0.1, 0.15) is 46.8 Å². The molecule has 0 saturated carbocycles. The van der Waals surface area contributed by atoms with Gasteiger partial charge in [0.05, 0.1) is 17.2 Å². The van der Waals surface area contributed by atoms with Gasteiger partial charge in [0.2, 0.25) is 0 Å². The molecule has 0 saturated heterocycles. The Hall–Kier alpha value is -1.76. The molecule has 7 heteroatoms. The van der Waals surface area contributed by atoms with Crippen LogP contribution in [0.15, 0.2) is 6.20 Å². The van der Waals surface area contributed by atoms with Gasteiger partial charge >= 0.3 is 5.97 Å². The maximum Gasteiger partial charge on any atom is 0.361 e. The van der Waals surface area contributed by atoms with Gasteiger partial charge in [0.25, 0.3) is 0 Å². The molecule has 6 nitrogen and oxygen atoms in total. The van der Waals surface area contributed by atoms with Crippen molar-refractivity contribution in [2.45, 2.75) is 46.8 Å². The number of aromatic nitrogens is 4. The Labute approximate surface area is 121 Å². The van der Waals surface area contributed by atoms with Crippen LogP contribution in [0.5, 0.6) is 0 Å². The van der Waals surface area contributed by atoms with Gasteiger partial charge in [0.15, 0.2) is 5.69 Å². The molecule has 0 aromatic carbocycles. The predicted octanol–water partition coefficient (Wildman–Crippen LogP) is 2.36. The molecule has 0 aliphatic rings. The summed E-state index contributed by atoms with van der Waals surface area (Å²) < 4.78 is 6.99. The maximum atomic E-state index is 12.0. The molecule has 20 heavy (non-hydrogen) atoms. The lowest BCUT2D eigenvalue weighted by molar-refractivity contribution is 0.00619. The summed E-state index contributed by atoms with van der Waals surface area (Å²) >= 11 is 1.60. The highest BCUT2D eigenvalue weighted by molar-refractivity contribution is 7.11. The molecule has 0 bridgehead atoms. The topological polar surface area (TPSA) is 69.9 Å². The average molecular weight is 294 g/mol. The number of aryl methyl sites for hydroxylation is 1. The SMILES string of the molecule is Cc1ncc(Cn2nnc(C(=O)OC(C)(C)C)c2C)s1. The Kier molecular flexibility index (Phi) is 3.89. The number of hydrogen-bond acceptors (Lipinski definition) is 6. The third kappa shape index (κ3) is 3.41.